The predicted molar refractivity (Wildman–Crippen MR) is 92.6 cm³/mol. The highest BCUT2D eigenvalue weighted by molar-refractivity contribution is 9.11. The molecule has 1 amide bonds. The zero-order valence-corrected chi connectivity index (χ0v) is 14.8. The number of halogens is 1. The molecule has 1 fully saturated rings. The van der Waals surface area contributed by atoms with Gasteiger partial charge in [0.2, 0.25) is 5.91 Å². The van der Waals surface area contributed by atoms with Gasteiger partial charge < -0.3 is 15.1 Å². The molecule has 116 valence electrons. The summed E-state index contributed by atoms with van der Waals surface area (Å²) in [6.45, 7) is 6.37. The maximum absolute atomic E-state index is 11.7. The Morgan fingerprint density at radius 1 is 1.38 bits per heavy atom. The predicted octanol–water partition coefficient (Wildman–Crippen LogP) is 2.28. The van der Waals surface area contributed by atoms with Crippen molar-refractivity contribution in [1.82, 2.24) is 15.1 Å². The molecule has 1 saturated heterocycles. The molecule has 2 rings (SSSR count). The summed E-state index contributed by atoms with van der Waals surface area (Å²) in [6.07, 6.45) is 4.47. The van der Waals surface area contributed by atoms with Crippen LogP contribution < -0.4 is 5.32 Å². The van der Waals surface area contributed by atoms with Crippen LogP contribution in [0, 0.1) is 0 Å². The molecule has 1 aromatic heterocycles. The molecule has 21 heavy (non-hydrogen) atoms. The largest absolute Gasteiger partial charge is 0.353 e. The summed E-state index contributed by atoms with van der Waals surface area (Å²) in [5.41, 5.74) is 0. The summed E-state index contributed by atoms with van der Waals surface area (Å²) < 4.78 is 1.08. The van der Waals surface area contributed by atoms with E-state index in [0.29, 0.717) is 0 Å². The summed E-state index contributed by atoms with van der Waals surface area (Å²) >= 11 is 5.02. The highest BCUT2D eigenvalue weighted by atomic mass is 79.9. The minimum atomic E-state index is -0.0158. The van der Waals surface area contributed by atoms with Crippen LogP contribution in [0.5, 0.6) is 0 Å². The van der Waals surface area contributed by atoms with Gasteiger partial charge in [-0.2, -0.15) is 0 Å². The van der Waals surface area contributed by atoms with Crippen LogP contribution in [-0.4, -0.2) is 62.0 Å². The van der Waals surface area contributed by atoms with Gasteiger partial charge in [-0.05, 0) is 54.2 Å². The van der Waals surface area contributed by atoms with Crippen molar-refractivity contribution in [2.45, 2.75) is 6.42 Å². The van der Waals surface area contributed by atoms with E-state index < -0.39 is 0 Å². The molecule has 0 aromatic carbocycles. The van der Waals surface area contributed by atoms with Crippen molar-refractivity contribution in [2.24, 2.45) is 0 Å². The number of carbonyl (C=O) groups excluding carboxylic acids is 1. The van der Waals surface area contributed by atoms with Gasteiger partial charge in [-0.25, -0.2) is 0 Å². The number of thiophene rings is 1. The maximum Gasteiger partial charge on any atom is 0.244 e. The minimum Gasteiger partial charge on any atom is -0.353 e. The maximum atomic E-state index is 11.7. The van der Waals surface area contributed by atoms with Gasteiger partial charge >= 0.3 is 0 Å². The zero-order valence-electron chi connectivity index (χ0n) is 12.3. The fraction of sp³-hybridized carbons (Fsp3) is 0.533. The Bertz CT molecular complexity index is 481. The van der Waals surface area contributed by atoms with Crippen molar-refractivity contribution in [2.75, 3.05) is 46.3 Å². The van der Waals surface area contributed by atoms with Gasteiger partial charge in [0.25, 0.3) is 0 Å². The first kappa shape index (κ1) is 16.7. The SMILES string of the molecule is CN1CCN(CCCNC(=O)/C=C/c2ccc(Br)s2)CC1. The van der Waals surface area contributed by atoms with Crippen molar-refractivity contribution in [3.8, 4) is 0 Å². The van der Waals surface area contributed by atoms with E-state index in [4.69, 9.17) is 0 Å². The molecule has 0 unspecified atom stereocenters. The van der Waals surface area contributed by atoms with Crippen LogP contribution in [0.15, 0.2) is 22.0 Å². The Hall–Kier alpha value is -0.690. The van der Waals surface area contributed by atoms with Gasteiger partial charge in [0, 0.05) is 43.7 Å². The lowest BCUT2D eigenvalue weighted by Crippen LogP contribution is -2.45. The summed E-state index contributed by atoms with van der Waals surface area (Å²) in [5, 5.41) is 2.94. The van der Waals surface area contributed by atoms with E-state index in [2.05, 4.69) is 38.1 Å². The topological polar surface area (TPSA) is 35.6 Å². The fourth-order valence-corrected chi connectivity index (χ4v) is 3.55. The molecule has 0 bridgehead atoms. The number of nitrogens with zero attached hydrogens (tertiary/aromatic N) is 2. The van der Waals surface area contributed by atoms with E-state index in [0.717, 1.165) is 54.4 Å². The number of hydrogen-bond donors (Lipinski definition) is 1. The van der Waals surface area contributed by atoms with Crippen LogP contribution in [0.3, 0.4) is 0 Å². The third-order valence-corrected chi connectivity index (χ3v) is 5.13. The third-order valence-electron chi connectivity index (χ3n) is 3.54. The van der Waals surface area contributed by atoms with E-state index >= 15 is 0 Å². The average Bonchev–Trinajstić information content (AvgIpc) is 2.89. The van der Waals surface area contributed by atoms with E-state index in [1.807, 2.05) is 18.2 Å². The molecule has 6 heteroatoms. The highest BCUT2D eigenvalue weighted by Gasteiger charge is 2.12. The van der Waals surface area contributed by atoms with E-state index in [1.54, 1.807) is 17.4 Å². The molecule has 1 aliphatic rings. The Labute approximate surface area is 138 Å². The van der Waals surface area contributed by atoms with Crippen LogP contribution in [0.4, 0.5) is 0 Å². The number of piperazine rings is 1. The molecule has 1 aromatic rings. The van der Waals surface area contributed by atoms with Crippen LogP contribution in [0.2, 0.25) is 0 Å². The van der Waals surface area contributed by atoms with Crippen LogP contribution >= 0.6 is 27.3 Å². The Balaban J connectivity index is 1.58. The number of nitrogens with one attached hydrogen (secondary N) is 1. The van der Waals surface area contributed by atoms with Crippen LogP contribution in [0.25, 0.3) is 6.08 Å². The number of hydrogen-bond acceptors (Lipinski definition) is 4. The first-order chi connectivity index (χ1) is 10.1. The second-order valence-corrected chi connectivity index (χ2v) is 7.76. The summed E-state index contributed by atoms with van der Waals surface area (Å²) in [4.78, 5) is 17.6. The summed E-state index contributed by atoms with van der Waals surface area (Å²) in [5.74, 6) is -0.0158. The molecule has 0 aliphatic carbocycles. The molecule has 1 aliphatic heterocycles. The van der Waals surface area contributed by atoms with Gasteiger partial charge in [-0.15, -0.1) is 11.3 Å². The van der Waals surface area contributed by atoms with Gasteiger partial charge in [0.15, 0.2) is 0 Å². The van der Waals surface area contributed by atoms with Gasteiger partial charge in [0.05, 0.1) is 3.79 Å². The smallest absolute Gasteiger partial charge is 0.244 e. The van der Waals surface area contributed by atoms with Crippen LogP contribution in [0.1, 0.15) is 11.3 Å². The van der Waals surface area contributed by atoms with Gasteiger partial charge in [-0.3, -0.25) is 4.79 Å². The highest BCUT2D eigenvalue weighted by Crippen LogP contribution is 2.22. The van der Waals surface area contributed by atoms with Gasteiger partial charge in [-0.1, -0.05) is 0 Å². The Morgan fingerprint density at radius 3 is 2.81 bits per heavy atom. The number of rotatable bonds is 6. The molecule has 2 heterocycles. The third kappa shape index (κ3) is 6.30. The molecule has 0 radical (unpaired) electrons. The zero-order chi connectivity index (χ0) is 15.1. The lowest BCUT2D eigenvalue weighted by molar-refractivity contribution is -0.116. The molecular weight excluding hydrogens is 350 g/mol. The summed E-state index contributed by atoms with van der Waals surface area (Å²) in [6, 6.07) is 3.98. The van der Waals surface area contributed by atoms with Crippen LogP contribution in [-0.2, 0) is 4.79 Å². The molecule has 0 atom stereocenters. The van der Waals surface area contributed by atoms with Gasteiger partial charge in [0.1, 0.15) is 0 Å². The number of amides is 1. The molecule has 0 spiro atoms. The normalized spacial score (nSPS) is 17.4. The standard InChI is InChI=1S/C15H22BrN3OS/c1-18-9-11-19(12-10-18)8-2-7-17-15(20)6-4-13-3-5-14(16)21-13/h3-6H,2,7-12H2,1H3,(H,17,20)/b6-4+. The molecular formula is C15H22BrN3OS. The fourth-order valence-electron chi connectivity index (χ4n) is 2.22. The van der Waals surface area contributed by atoms with E-state index in [1.165, 1.54) is 0 Å². The molecule has 4 nitrogen and oxygen atoms in total. The summed E-state index contributed by atoms with van der Waals surface area (Å²) in [7, 11) is 2.16. The first-order valence-electron chi connectivity index (χ1n) is 7.25. The van der Waals surface area contributed by atoms with Crippen molar-refractivity contribution < 1.29 is 4.79 Å². The molecule has 0 saturated carbocycles. The quantitative estimate of drug-likeness (QED) is 0.615. The first-order valence-corrected chi connectivity index (χ1v) is 8.86. The lowest BCUT2D eigenvalue weighted by Gasteiger charge is -2.32. The van der Waals surface area contributed by atoms with Crippen molar-refractivity contribution in [3.63, 3.8) is 0 Å². The number of likely N-dealkylation sites (N-methyl/N-ethyl adjacent to an activating group) is 1. The number of carbonyl (C=O) groups is 1. The van der Waals surface area contributed by atoms with E-state index in [-0.39, 0.29) is 5.91 Å². The lowest BCUT2D eigenvalue weighted by atomic mass is 10.3. The second-order valence-electron chi connectivity index (χ2n) is 5.26. The Morgan fingerprint density at radius 2 is 2.14 bits per heavy atom. The van der Waals surface area contributed by atoms with Crippen molar-refractivity contribution in [1.29, 1.82) is 0 Å². The monoisotopic (exact) mass is 371 g/mol. The van der Waals surface area contributed by atoms with Crippen molar-refractivity contribution in [3.05, 3.63) is 26.9 Å². The Kier molecular flexibility index (Phi) is 6.89. The van der Waals surface area contributed by atoms with Crippen molar-refractivity contribution >= 4 is 39.2 Å². The minimum absolute atomic E-state index is 0.0158. The van der Waals surface area contributed by atoms with E-state index in [9.17, 15) is 4.79 Å². The molecule has 1 N–H and O–H groups in total. The average molecular weight is 372 g/mol. The second kappa shape index (κ2) is 8.68.